The molecule has 1 atom stereocenters. The van der Waals surface area contributed by atoms with Crippen molar-refractivity contribution in [3.05, 3.63) is 33.1 Å². The Morgan fingerprint density at radius 1 is 1.38 bits per heavy atom. The minimum absolute atomic E-state index is 0.0282. The topological polar surface area (TPSA) is 153 Å². The van der Waals surface area contributed by atoms with Crippen LogP contribution in [0.2, 0.25) is 0 Å². The lowest BCUT2D eigenvalue weighted by Crippen LogP contribution is -2.35. The van der Waals surface area contributed by atoms with Gasteiger partial charge in [0.15, 0.2) is 0 Å². The fourth-order valence-corrected chi connectivity index (χ4v) is 4.15. The van der Waals surface area contributed by atoms with Gasteiger partial charge in [0.05, 0.1) is 10.8 Å². The van der Waals surface area contributed by atoms with Crippen molar-refractivity contribution in [2.75, 3.05) is 13.1 Å². The number of aromatic amines is 2. The standard InChI is InChI=1S/C13H14N4O6S/c1-13(11(19)20)2-3-17(6-13)24(22,23)7-4-8-9(14-5-7)15-12(21)16-10(8)18/h4-5H,2-3,6H2,1H3,(H,19,20)(H2,14,15,16,18,21). The minimum atomic E-state index is -4.00. The van der Waals surface area contributed by atoms with Crippen LogP contribution in [0.25, 0.3) is 11.0 Å². The number of rotatable bonds is 3. The number of pyridine rings is 1. The van der Waals surface area contributed by atoms with E-state index in [1.54, 1.807) is 0 Å². The minimum Gasteiger partial charge on any atom is -0.481 e. The third kappa shape index (κ3) is 2.51. The van der Waals surface area contributed by atoms with Crippen LogP contribution in [0.3, 0.4) is 0 Å². The second-order valence-electron chi connectivity index (χ2n) is 5.93. The molecular formula is C13H14N4O6S. The van der Waals surface area contributed by atoms with Gasteiger partial charge in [0.2, 0.25) is 10.0 Å². The average Bonchev–Trinajstić information content (AvgIpc) is 2.91. The quantitative estimate of drug-likeness (QED) is 0.645. The van der Waals surface area contributed by atoms with Gasteiger partial charge in [-0.1, -0.05) is 0 Å². The number of carboxylic acid groups (broad SMARTS) is 1. The summed E-state index contributed by atoms with van der Waals surface area (Å²) in [6, 6.07) is 1.11. The van der Waals surface area contributed by atoms with Gasteiger partial charge in [-0.2, -0.15) is 4.31 Å². The van der Waals surface area contributed by atoms with Crippen LogP contribution >= 0.6 is 0 Å². The summed E-state index contributed by atoms with van der Waals surface area (Å²) in [4.78, 5) is 42.1. The van der Waals surface area contributed by atoms with Crippen molar-refractivity contribution in [3.63, 3.8) is 0 Å². The van der Waals surface area contributed by atoms with E-state index < -0.39 is 32.7 Å². The van der Waals surface area contributed by atoms with E-state index in [0.29, 0.717) is 0 Å². The lowest BCUT2D eigenvalue weighted by atomic mass is 9.90. The fraction of sp³-hybridized carbons (Fsp3) is 0.385. The molecule has 0 radical (unpaired) electrons. The van der Waals surface area contributed by atoms with Crippen molar-refractivity contribution in [1.82, 2.24) is 19.3 Å². The van der Waals surface area contributed by atoms with E-state index in [1.165, 1.54) is 6.92 Å². The van der Waals surface area contributed by atoms with Crippen LogP contribution in [-0.2, 0) is 14.8 Å². The van der Waals surface area contributed by atoms with Gasteiger partial charge < -0.3 is 5.11 Å². The predicted molar refractivity (Wildman–Crippen MR) is 82.1 cm³/mol. The number of aliphatic carboxylic acids is 1. The second-order valence-corrected chi connectivity index (χ2v) is 7.87. The molecule has 0 saturated carbocycles. The van der Waals surface area contributed by atoms with Crippen LogP contribution in [0.4, 0.5) is 0 Å². The second kappa shape index (κ2) is 5.24. The molecular weight excluding hydrogens is 340 g/mol. The number of nitrogens with zero attached hydrogens (tertiary/aromatic N) is 2. The number of nitrogens with one attached hydrogen (secondary N) is 2. The number of sulfonamides is 1. The molecule has 1 saturated heterocycles. The smallest absolute Gasteiger partial charge is 0.327 e. The summed E-state index contributed by atoms with van der Waals surface area (Å²) < 4.78 is 26.4. The number of fused-ring (bicyclic) bond motifs is 1. The molecule has 2 aromatic rings. The van der Waals surface area contributed by atoms with E-state index in [2.05, 4.69) is 9.97 Å². The monoisotopic (exact) mass is 354 g/mol. The SMILES string of the molecule is CC1(C(=O)O)CCN(S(=O)(=O)c2cnc3[nH]c(=O)[nH]c(=O)c3c2)C1. The maximum absolute atomic E-state index is 12.7. The van der Waals surface area contributed by atoms with Gasteiger partial charge in [-0.3, -0.25) is 19.6 Å². The Bertz CT molecular complexity index is 1060. The van der Waals surface area contributed by atoms with E-state index in [-0.39, 0.29) is 35.4 Å². The van der Waals surface area contributed by atoms with Crippen LogP contribution in [0.15, 0.2) is 26.7 Å². The lowest BCUT2D eigenvalue weighted by Gasteiger charge is -2.20. The molecule has 24 heavy (non-hydrogen) atoms. The Hall–Kier alpha value is -2.53. The molecule has 0 amide bonds. The van der Waals surface area contributed by atoms with E-state index in [1.807, 2.05) is 4.98 Å². The summed E-state index contributed by atoms with van der Waals surface area (Å²) in [6.45, 7) is 1.38. The van der Waals surface area contributed by atoms with Crippen LogP contribution in [0.5, 0.6) is 0 Å². The number of carboxylic acids is 1. The molecule has 1 fully saturated rings. The van der Waals surface area contributed by atoms with Crippen LogP contribution in [0, 0.1) is 5.41 Å². The first kappa shape index (κ1) is 16.3. The van der Waals surface area contributed by atoms with Gasteiger partial charge in [-0.05, 0) is 19.4 Å². The third-order valence-corrected chi connectivity index (χ3v) is 5.97. The fourth-order valence-electron chi connectivity index (χ4n) is 2.62. The molecule has 128 valence electrons. The van der Waals surface area contributed by atoms with E-state index in [0.717, 1.165) is 16.6 Å². The molecule has 10 nitrogen and oxygen atoms in total. The maximum Gasteiger partial charge on any atom is 0.327 e. The first-order chi connectivity index (χ1) is 11.1. The zero-order valence-electron chi connectivity index (χ0n) is 12.6. The largest absolute Gasteiger partial charge is 0.481 e. The van der Waals surface area contributed by atoms with E-state index in [4.69, 9.17) is 0 Å². The highest BCUT2D eigenvalue weighted by Gasteiger charge is 2.45. The number of aromatic nitrogens is 3. The molecule has 3 N–H and O–H groups in total. The van der Waals surface area contributed by atoms with E-state index in [9.17, 15) is 27.9 Å². The summed E-state index contributed by atoms with van der Waals surface area (Å²) in [5.74, 6) is -1.06. The molecule has 1 unspecified atom stereocenters. The van der Waals surface area contributed by atoms with Crippen molar-refractivity contribution in [2.24, 2.45) is 5.41 Å². The Labute approximate surface area is 135 Å². The number of H-pyrrole nitrogens is 2. The molecule has 0 spiro atoms. The van der Waals surface area contributed by atoms with Gasteiger partial charge in [0.25, 0.3) is 5.56 Å². The van der Waals surface area contributed by atoms with Gasteiger partial charge in [-0.25, -0.2) is 18.2 Å². The molecule has 0 aliphatic carbocycles. The van der Waals surface area contributed by atoms with Crippen LogP contribution in [0.1, 0.15) is 13.3 Å². The van der Waals surface area contributed by atoms with Gasteiger partial charge >= 0.3 is 11.7 Å². The molecule has 1 aliphatic heterocycles. The zero-order chi connectivity index (χ0) is 17.7. The van der Waals surface area contributed by atoms with Crippen LogP contribution < -0.4 is 11.2 Å². The normalized spacial score (nSPS) is 22.0. The summed E-state index contributed by atoms with van der Waals surface area (Å²) >= 11 is 0. The maximum atomic E-state index is 12.7. The highest BCUT2D eigenvalue weighted by Crippen LogP contribution is 2.33. The molecule has 3 heterocycles. The number of hydrogen-bond acceptors (Lipinski definition) is 6. The summed E-state index contributed by atoms with van der Waals surface area (Å²) in [6.07, 6.45) is 1.22. The summed E-state index contributed by atoms with van der Waals surface area (Å²) in [5.41, 5.74) is -2.68. The predicted octanol–water partition coefficient (Wildman–Crippen LogP) is -0.903. The van der Waals surface area contributed by atoms with Gasteiger partial charge in [0, 0.05) is 19.3 Å². The highest BCUT2D eigenvalue weighted by molar-refractivity contribution is 7.89. The molecule has 11 heteroatoms. The molecule has 3 rings (SSSR count). The Morgan fingerprint density at radius 3 is 2.71 bits per heavy atom. The van der Waals surface area contributed by atoms with Crippen molar-refractivity contribution >= 4 is 27.0 Å². The highest BCUT2D eigenvalue weighted by atomic mass is 32.2. The Balaban J connectivity index is 2.05. The van der Waals surface area contributed by atoms with Crippen molar-refractivity contribution < 1.29 is 18.3 Å². The molecule has 0 bridgehead atoms. The zero-order valence-corrected chi connectivity index (χ0v) is 13.4. The molecule has 1 aliphatic rings. The van der Waals surface area contributed by atoms with Gasteiger partial charge in [0.1, 0.15) is 10.5 Å². The Morgan fingerprint density at radius 2 is 2.08 bits per heavy atom. The van der Waals surface area contributed by atoms with Crippen molar-refractivity contribution in [1.29, 1.82) is 0 Å². The van der Waals surface area contributed by atoms with Crippen molar-refractivity contribution in [3.8, 4) is 0 Å². The van der Waals surface area contributed by atoms with Gasteiger partial charge in [-0.15, -0.1) is 0 Å². The number of carbonyl (C=O) groups is 1. The van der Waals surface area contributed by atoms with Crippen LogP contribution in [-0.4, -0.2) is 51.8 Å². The molecule has 2 aromatic heterocycles. The number of hydrogen-bond donors (Lipinski definition) is 3. The van der Waals surface area contributed by atoms with E-state index >= 15 is 0 Å². The third-order valence-electron chi connectivity index (χ3n) is 4.16. The Kier molecular flexibility index (Phi) is 3.57. The van der Waals surface area contributed by atoms with Crippen molar-refractivity contribution in [2.45, 2.75) is 18.2 Å². The average molecular weight is 354 g/mol. The first-order valence-electron chi connectivity index (χ1n) is 6.99. The summed E-state index contributed by atoms with van der Waals surface area (Å²) in [7, 11) is -4.00. The summed E-state index contributed by atoms with van der Waals surface area (Å²) in [5, 5.41) is 9.14. The lowest BCUT2D eigenvalue weighted by molar-refractivity contribution is -0.146. The first-order valence-corrected chi connectivity index (χ1v) is 8.43. The molecule has 0 aromatic carbocycles.